The quantitative estimate of drug-likeness (QED) is 0.438. The summed E-state index contributed by atoms with van der Waals surface area (Å²) in [7, 11) is 3.50. The van der Waals surface area contributed by atoms with Crippen molar-refractivity contribution in [1.82, 2.24) is 25.4 Å². The molecule has 8 nitrogen and oxygen atoms in total. The predicted octanol–water partition coefficient (Wildman–Crippen LogP) is 1.78. The molecule has 2 N–H and O–H groups in total. The van der Waals surface area contributed by atoms with Crippen molar-refractivity contribution in [1.29, 1.82) is 0 Å². The molecule has 3 rings (SSSR count). The van der Waals surface area contributed by atoms with Gasteiger partial charge in [0.1, 0.15) is 17.9 Å². The maximum atomic E-state index is 5.78. The highest BCUT2D eigenvalue weighted by atomic mass is 16.5. The van der Waals surface area contributed by atoms with Gasteiger partial charge in [-0.25, -0.2) is 4.98 Å². The van der Waals surface area contributed by atoms with Crippen LogP contribution >= 0.6 is 0 Å². The molecule has 1 aliphatic heterocycles. The molecule has 1 saturated heterocycles. The Bertz CT molecular complexity index is 711. The van der Waals surface area contributed by atoms with Crippen molar-refractivity contribution in [2.24, 2.45) is 4.99 Å². The number of nitrogens with zero attached hydrogens (tertiary/aromatic N) is 4. The van der Waals surface area contributed by atoms with E-state index in [0.29, 0.717) is 25.7 Å². The summed E-state index contributed by atoms with van der Waals surface area (Å²) in [5.74, 6) is 3.22. The number of aliphatic imine (C=N–C) groups is 1. The lowest BCUT2D eigenvalue weighted by Crippen LogP contribution is -2.46. The van der Waals surface area contributed by atoms with Gasteiger partial charge in [0.2, 0.25) is 0 Å². The molecular weight excluding hydrogens is 344 g/mol. The molecule has 1 aromatic carbocycles. The Balaban J connectivity index is 1.37. The van der Waals surface area contributed by atoms with Gasteiger partial charge in [-0.2, -0.15) is 5.10 Å². The average molecular weight is 372 g/mol. The zero-order valence-corrected chi connectivity index (χ0v) is 16.0. The number of aromatic nitrogens is 3. The van der Waals surface area contributed by atoms with Crippen molar-refractivity contribution in [3.05, 3.63) is 42.0 Å². The number of para-hydroxylation sites is 1. The standard InChI is InChI=1S/C19H28N6O2/c1-20-19(25-10-7-15(8-11-25)18-22-14-23-24-18)21-9-12-27-13-16-5-3-4-6-17(16)26-2/h3-6,14-15H,7-13H2,1-2H3,(H,20,21)(H,22,23,24). The van der Waals surface area contributed by atoms with Crippen molar-refractivity contribution in [2.45, 2.75) is 25.4 Å². The van der Waals surface area contributed by atoms with E-state index >= 15 is 0 Å². The lowest BCUT2D eigenvalue weighted by atomic mass is 9.96. The number of piperidine rings is 1. The topological polar surface area (TPSA) is 87.7 Å². The number of hydrogen-bond acceptors (Lipinski definition) is 5. The average Bonchev–Trinajstić information content (AvgIpc) is 3.26. The van der Waals surface area contributed by atoms with Crippen LogP contribution in [0.3, 0.4) is 0 Å². The fraction of sp³-hybridized carbons (Fsp3) is 0.526. The number of methoxy groups -OCH3 is 1. The first-order valence-corrected chi connectivity index (χ1v) is 9.32. The Morgan fingerprint density at radius 2 is 2.15 bits per heavy atom. The second-order valence-corrected chi connectivity index (χ2v) is 6.47. The molecule has 0 saturated carbocycles. The molecule has 0 amide bonds. The van der Waals surface area contributed by atoms with Crippen LogP contribution in [0, 0.1) is 0 Å². The molecule has 0 atom stereocenters. The van der Waals surface area contributed by atoms with E-state index in [9.17, 15) is 0 Å². The van der Waals surface area contributed by atoms with Gasteiger partial charge in [-0.05, 0) is 18.9 Å². The van der Waals surface area contributed by atoms with Crippen LogP contribution in [0.25, 0.3) is 0 Å². The van der Waals surface area contributed by atoms with Gasteiger partial charge in [-0.15, -0.1) is 0 Å². The minimum Gasteiger partial charge on any atom is -0.496 e. The maximum absolute atomic E-state index is 5.78. The van der Waals surface area contributed by atoms with Crippen molar-refractivity contribution >= 4 is 5.96 Å². The summed E-state index contributed by atoms with van der Waals surface area (Å²) >= 11 is 0. The summed E-state index contributed by atoms with van der Waals surface area (Å²) in [6.07, 6.45) is 3.66. The smallest absolute Gasteiger partial charge is 0.193 e. The number of rotatable bonds is 7. The van der Waals surface area contributed by atoms with Gasteiger partial charge < -0.3 is 19.7 Å². The van der Waals surface area contributed by atoms with E-state index in [1.165, 1.54) is 0 Å². The molecule has 0 spiro atoms. The Labute approximate surface area is 160 Å². The van der Waals surface area contributed by atoms with Gasteiger partial charge >= 0.3 is 0 Å². The molecule has 8 heteroatoms. The number of H-pyrrole nitrogens is 1. The Morgan fingerprint density at radius 1 is 1.33 bits per heavy atom. The molecule has 0 aliphatic carbocycles. The van der Waals surface area contributed by atoms with Crippen molar-refractivity contribution < 1.29 is 9.47 Å². The molecule has 1 aromatic heterocycles. The molecule has 2 heterocycles. The summed E-state index contributed by atoms with van der Waals surface area (Å²) in [5.41, 5.74) is 1.05. The van der Waals surface area contributed by atoms with Crippen LogP contribution in [0.1, 0.15) is 30.1 Å². The van der Waals surface area contributed by atoms with Crippen molar-refractivity contribution in [3.8, 4) is 5.75 Å². The molecule has 1 fully saturated rings. The Hall–Kier alpha value is -2.61. The van der Waals surface area contributed by atoms with Crippen LogP contribution in [0.2, 0.25) is 0 Å². The molecule has 146 valence electrons. The molecule has 0 radical (unpaired) electrons. The van der Waals surface area contributed by atoms with Crippen LogP contribution in [0.15, 0.2) is 35.6 Å². The zero-order valence-electron chi connectivity index (χ0n) is 16.0. The van der Waals surface area contributed by atoms with Gasteiger partial charge in [-0.3, -0.25) is 10.1 Å². The minimum absolute atomic E-state index is 0.450. The summed E-state index contributed by atoms with van der Waals surface area (Å²) in [6, 6.07) is 7.91. The Morgan fingerprint density at radius 3 is 2.85 bits per heavy atom. The molecule has 27 heavy (non-hydrogen) atoms. The highest BCUT2D eigenvalue weighted by molar-refractivity contribution is 5.79. The molecule has 0 bridgehead atoms. The number of hydrogen-bond donors (Lipinski definition) is 2. The first-order valence-electron chi connectivity index (χ1n) is 9.32. The monoisotopic (exact) mass is 372 g/mol. The van der Waals surface area contributed by atoms with E-state index in [2.05, 4.69) is 30.4 Å². The van der Waals surface area contributed by atoms with Crippen LogP contribution in [-0.4, -0.2) is 66.4 Å². The highest BCUT2D eigenvalue weighted by Crippen LogP contribution is 2.24. The summed E-state index contributed by atoms with van der Waals surface area (Å²) in [4.78, 5) is 11.0. The third kappa shape index (κ3) is 5.19. The van der Waals surface area contributed by atoms with E-state index < -0.39 is 0 Å². The lowest BCUT2D eigenvalue weighted by Gasteiger charge is -2.33. The van der Waals surface area contributed by atoms with Crippen molar-refractivity contribution in [3.63, 3.8) is 0 Å². The fourth-order valence-corrected chi connectivity index (χ4v) is 3.35. The number of ether oxygens (including phenoxy) is 2. The second kappa shape index (κ2) is 9.91. The second-order valence-electron chi connectivity index (χ2n) is 6.47. The molecule has 2 aromatic rings. The van der Waals surface area contributed by atoms with Gasteiger partial charge in [0.15, 0.2) is 5.96 Å². The third-order valence-corrected chi connectivity index (χ3v) is 4.81. The number of benzene rings is 1. The number of guanidine groups is 1. The first-order chi connectivity index (χ1) is 13.3. The van der Waals surface area contributed by atoms with E-state index in [4.69, 9.17) is 9.47 Å². The number of aromatic amines is 1. The zero-order chi connectivity index (χ0) is 18.9. The van der Waals surface area contributed by atoms with E-state index in [1.54, 1.807) is 13.4 Å². The predicted molar refractivity (Wildman–Crippen MR) is 104 cm³/mol. The summed E-state index contributed by atoms with van der Waals surface area (Å²) < 4.78 is 11.1. The molecule has 0 unspecified atom stereocenters. The largest absolute Gasteiger partial charge is 0.496 e. The highest BCUT2D eigenvalue weighted by Gasteiger charge is 2.24. The summed E-state index contributed by atoms with van der Waals surface area (Å²) in [6.45, 7) is 3.75. The van der Waals surface area contributed by atoms with E-state index in [0.717, 1.165) is 49.0 Å². The number of nitrogens with one attached hydrogen (secondary N) is 2. The fourth-order valence-electron chi connectivity index (χ4n) is 3.35. The number of likely N-dealkylation sites (tertiary alicyclic amines) is 1. The normalized spacial score (nSPS) is 15.8. The first kappa shape index (κ1) is 19.2. The Kier molecular flexibility index (Phi) is 7.04. The SMILES string of the molecule is CN=C(NCCOCc1ccccc1OC)N1CCC(c2ncn[nH]2)CC1. The van der Waals surface area contributed by atoms with Crippen LogP contribution in [0.5, 0.6) is 5.75 Å². The van der Waals surface area contributed by atoms with Gasteiger partial charge in [0, 0.05) is 38.2 Å². The maximum Gasteiger partial charge on any atom is 0.193 e. The van der Waals surface area contributed by atoms with E-state index in [-0.39, 0.29) is 0 Å². The van der Waals surface area contributed by atoms with Crippen LogP contribution < -0.4 is 10.1 Å². The van der Waals surface area contributed by atoms with Crippen LogP contribution in [-0.2, 0) is 11.3 Å². The summed E-state index contributed by atoms with van der Waals surface area (Å²) in [5, 5.41) is 10.3. The minimum atomic E-state index is 0.450. The van der Waals surface area contributed by atoms with Crippen molar-refractivity contribution in [2.75, 3.05) is 40.4 Å². The van der Waals surface area contributed by atoms with Gasteiger partial charge in [0.05, 0.1) is 20.3 Å². The lowest BCUT2D eigenvalue weighted by molar-refractivity contribution is 0.123. The third-order valence-electron chi connectivity index (χ3n) is 4.81. The van der Waals surface area contributed by atoms with E-state index in [1.807, 2.05) is 31.3 Å². The van der Waals surface area contributed by atoms with Gasteiger partial charge in [0.25, 0.3) is 0 Å². The van der Waals surface area contributed by atoms with Gasteiger partial charge in [-0.1, -0.05) is 18.2 Å². The molecule has 1 aliphatic rings. The van der Waals surface area contributed by atoms with Crippen LogP contribution in [0.4, 0.5) is 0 Å². The molecular formula is C19H28N6O2.